The molecule has 1 aliphatic rings. The van der Waals surface area contributed by atoms with E-state index in [0.717, 1.165) is 25.2 Å². The van der Waals surface area contributed by atoms with Crippen molar-refractivity contribution in [2.45, 2.75) is 26.3 Å². The molecule has 4 heteroatoms. The lowest BCUT2D eigenvalue weighted by atomic mass is 9.80. The van der Waals surface area contributed by atoms with Gasteiger partial charge in [-0.15, -0.1) is 0 Å². The first-order valence-corrected chi connectivity index (χ1v) is 7.21. The zero-order chi connectivity index (χ0) is 14.6. The molecule has 20 heavy (non-hydrogen) atoms. The summed E-state index contributed by atoms with van der Waals surface area (Å²) in [7, 11) is 2.16. The molecule has 0 atom stereocenters. The molecule has 2 rings (SSSR count). The number of carbonyl (C=O) groups is 1. The first-order chi connectivity index (χ1) is 9.50. The van der Waals surface area contributed by atoms with Gasteiger partial charge in [0.25, 0.3) is 0 Å². The second kappa shape index (κ2) is 6.37. The fraction of sp³-hybridized carbons (Fsp3) is 0.562. The number of likely N-dealkylation sites (tertiary alicyclic amines) is 1. The van der Waals surface area contributed by atoms with Crippen molar-refractivity contribution >= 4 is 5.97 Å². The van der Waals surface area contributed by atoms with Crippen LogP contribution in [0.1, 0.15) is 35.7 Å². The molecule has 1 aromatic carbocycles. The van der Waals surface area contributed by atoms with E-state index in [-0.39, 0.29) is 0 Å². The number of hydrogen-bond acceptors (Lipinski definition) is 3. The van der Waals surface area contributed by atoms with Crippen molar-refractivity contribution in [2.24, 2.45) is 5.41 Å². The van der Waals surface area contributed by atoms with Crippen molar-refractivity contribution in [1.82, 2.24) is 10.2 Å². The van der Waals surface area contributed by atoms with Crippen LogP contribution in [0.5, 0.6) is 0 Å². The zero-order valence-electron chi connectivity index (χ0n) is 12.4. The fourth-order valence-electron chi connectivity index (χ4n) is 2.72. The van der Waals surface area contributed by atoms with Crippen LogP contribution in [0.2, 0.25) is 0 Å². The fourth-order valence-corrected chi connectivity index (χ4v) is 2.72. The van der Waals surface area contributed by atoms with E-state index in [1.165, 1.54) is 12.8 Å². The minimum atomic E-state index is -0.854. The van der Waals surface area contributed by atoms with Crippen molar-refractivity contribution in [3.8, 4) is 0 Å². The lowest BCUT2D eigenvalue weighted by Gasteiger charge is -2.38. The van der Waals surface area contributed by atoms with E-state index >= 15 is 0 Å². The summed E-state index contributed by atoms with van der Waals surface area (Å²) in [5, 5.41) is 12.6. The van der Waals surface area contributed by atoms with Gasteiger partial charge in [-0.1, -0.05) is 25.1 Å². The summed E-state index contributed by atoms with van der Waals surface area (Å²) in [6.07, 6.45) is 2.38. The molecule has 1 fully saturated rings. The molecule has 1 aromatic rings. The Morgan fingerprint density at radius 2 is 2.00 bits per heavy atom. The predicted octanol–water partition coefficient (Wildman–Crippen LogP) is 2.21. The van der Waals surface area contributed by atoms with Crippen LogP contribution < -0.4 is 5.32 Å². The van der Waals surface area contributed by atoms with Crippen LogP contribution in [0.15, 0.2) is 24.3 Å². The Bertz CT molecular complexity index is 465. The average Bonchev–Trinajstić information content (AvgIpc) is 2.43. The number of hydrogen-bond donors (Lipinski definition) is 2. The molecule has 0 aliphatic carbocycles. The molecule has 0 amide bonds. The number of carboxylic acid groups (broad SMARTS) is 1. The number of aromatic carboxylic acids is 1. The first kappa shape index (κ1) is 15.0. The monoisotopic (exact) mass is 276 g/mol. The molecule has 0 bridgehead atoms. The Labute approximate surface area is 120 Å². The molecule has 0 aromatic heterocycles. The molecular formula is C16H24N2O2. The van der Waals surface area contributed by atoms with E-state index < -0.39 is 5.97 Å². The van der Waals surface area contributed by atoms with Crippen molar-refractivity contribution in [3.05, 3.63) is 35.4 Å². The third-order valence-corrected chi connectivity index (χ3v) is 4.31. The molecule has 110 valence electrons. The summed E-state index contributed by atoms with van der Waals surface area (Å²) >= 11 is 0. The standard InChI is InChI=1S/C16H24N2O2/c1-16(7-9-18(2)10-8-16)12-17-11-13-5-3-4-6-14(13)15(19)20/h3-6,17H,7-12H2,1-2H3,(H,19,20). The van der Waals surface area contributed by atoms with E-state index in [1.807, 2.05) is 12.1 Å². The maximum Gasteiger partial charge on any atom is 0.336 e. The Balaban J connectivity index is 1.88. The van der Waals surface area contributed by atoms with Gasteiger partial charge in [0.05, 0.1) is 5.56 Å². The topological polar surface area (TPSA) is 52.6 Å². The SMILES string of the molecule is CN1CCC(C)(CNCc2ccccc2C(=O)O)CC1. The van der Waals surface area contributed by atoms with Gasteiger partial charge >= 0.3 is 5.97 Å². The van der Waals surface area contributed by atoms with Crippen LogP contribution in [-0.2, 0) is 6.54 Å². The molecule has 1 aliphatic heterocycles. The van der Waals surface area contributed by atoms with Crippen molar-refractivity contribution < 1.29 is 9.90 Å². The normalized spacial score (nSPS) is 18.9. The highest BCUT2D eigenvalue weighted by Gasteiger charge is 2.28. The van der Waals surface area contributed by atoms with Gasteiger partial charge in [0.15, 0.2) is 0 Å². The molecule has 0 radical (unpaired) electrons. The molecule has 0 spiro atoms. The first-order valence-electron chi connectivity index (χ1n) is 7.21. The molecule has 1 heterocycles. The summed E-state index contributed by atoms with van der Waals surface area (Å²) in [6.45, 7) is 6.16. The number of nitrogens with zero attached hydrogens (tertiary/aromatic N) is 1. The van der Waals surface area contributed by atoms with Crippen LogP contribution in [-0.4, -0.2) is 42.7 Å². The number of piperidine rings is 1. The van der Waals surface area contributed by atoms with E-state index in [1.54, 1.807) is 12.1 Å². The van der Waals surface area contributed by atoms with Gasteiger partial charge < -0.3 is 15.3 Å². The van der Waals surface area contributed by atoms with Crippen LogP contribution in [0.25, 0.3) is 0 Å². The van der Waals surface area contributed by atoms with Crippen molar-refractivity contribution in [1.29, 1.82) is 0 Å². The van der Waals surface area contributed by atoms with Crippen LogP contribution in [0, 0.1) is 5.41 Å². The highest BCUT2D eigenvalue weighted by molar-refractivity contribution is 5.89. The number of nitrogens with one attached hydrogen (secondary N) is 1. The largest absolute Gasteiger partial charge is 0.478 e. The van der Waals surface area contributed by atoms with E-state index in [2.05, 4.69) is 24.2 Å². The van der Waals surface area contributed by atoms with E-state index in [0.29, 0.717) is 17.5 Å². The van der Waals surface area contributed by atoms with Gasteiger partial charge in [-0.05, 0) is 50.0 Å². The number of carboxylic acids is 1. The lowest BCUT2D eigenvalue weighted by Crippen LogP contribution is -2.41. The maximum atomic E-state index is 11.2. The van der Waals surface area contributed by atoms with Gasteiger partial charge in [-0.2, -0.15) is 0 Å². The summed E-state index contributed by atoms with van der Waals surface area (Å²) < 4.78 is 0. The Hall–Kier alpha value is -1.39. The number of benzene rings is 1. The Morgan fingerprint density at radius 1 is 1.35 bits per heavy atom. The third-order valence-electron chi connectivity index (χ3n) is 4.31. The Morgan fingerprint density at radius 3 is 2.65 bits per heavy atom. The minimum Gasteiger partial charge on any atom is -0.478 e. The lowest BCUT2D eigenvalue weighted by molar-refractivity contribution is 0.0695. The van der Waals surface area contributed by atoms with Gasteiger partial charge in [-0.3, -0.25) is 0 Å². The number of rotatable bonds is 5. The predicted molar refractivity (Wildman–Crippen MR) is 79.9 cm³/mol. The molecule has 0 saturated carbocycles. The molecule has 0 unspecified atom stereocenters. The highest BCUT2D eigenvalue weighted by Crippen LogP contribution is 2.29. The van der Waals surface area contributed by atoms with E-state index in [4.69, 9.17) is 5.11 Å². The molecule has 2 N–H and O–H groups in total. The van der Waals surface area contributed by atoms with Crippen molar-refractivity contribution in [3.63, 3.8) is 0 Å². The van der Waals surface area contributed by atoms with Gasteiger partial charge in [0.1, 0.15) is 0 Å². The second-order valence-electron chi connectivity index (χ2n) is 6.18. The maximum absolute atomic E-state index is 11.2. The third kappa shape index (κ3) is 3.81. The Kier molecular flexibility index (Phi) is 4.78. The zero-order valence-corrected chi connectivity index (χ0v) is 12.4. The van der Waals surface area contributed by atoms with Gasteiger partial charge in [0.2, 0.25) is 0 Å². The second-order valence-corrected chi connectivity index (χ2v) is 6.18. The molecular weight excluding hydrogens is 252 g/mol. The van der Waals surface area contributed by atoms with Gasteiger partial charge in [-0.25, -0.2) is 4.79 Å². The van der Waals surface area contributed by atoms with Crippen molar-refractivity contribution in [2.75, 3.05) is 26.7 Å². The van der Waals surface area contributed by atoms with Gasteiger partial charge in [0, 0.05) is 13.1 Å². The van der Waals surface area contributed by atoms with E-state index in [9.17, 15) is 4.79 Å². The highest BCUT2D eigenvalue weighted by atomic mass is 16.4. The summed E-state index contributed by atoms with van der Waals surface area (Å²) in [5.74, 6) is -0.854. The quantitative estimate of drug-likeness (QED) is 0.866. The van der Waals surface area contributed by atoms with Crippen LogP contribution in [0.3, 0.4) is 0 Å². The molecule has 4 nitrogen and oxygen atoms in total. The minimum absolute atomic E-state index is 0.324. The smallest absolute Gasteiger partial charge is 0.336 e. The average molecular weight is 276 g/mol. The summed E-state index contributed by atoms with van der Waals surface area (Å²) in [4.78, 5) is 13.5. The summed E-state index contributed by atoms with van der Waals surface area (Å²) in [5.41, 5.74) is 1.58. The molecule has 1 saturated heterocycles. The van der Waals surface area contributed by atoms with Crippen LogP contribution in [0.4, 0.5) is 0 Å². The summed E-state index contributed by atoms with van der Waals surface area (Å²) in [6, 6.07) is 7.20. The van der Waals surface area contributed by atoms with Crippen LogP contribution >= 0.6 is 0 Å².